The molecule has 0 bridgehead atoms. The van der Waals surface area contributed by atoms with Crippen LogP contribution in [0.25, 0.3) is 21.9 Å². The molecule has 1 nitrogen and oxygen atoms in total. The summed E-state index contributed by atoms with van der Waals surface area (Å²) < 4.78 is 13.8. The van der Waals surface area contributed by atoms with Crippen molar-refractivity contribution in [3.63, 3.8) is 0 Å². The summed E-state index contributed by atoms with van der Waals surface area (Å²) in [4.78, 5) is 1.13. The van der Waals surface area contributed by atoms with E-state index in [1.807, 2.05) is 41.8 Å². The van der Waals surface area contributed by atoms with Gasteiger partial charge in [-0.1, -0.05) is 30.3 Å². The Morgan fingerprint density at radius 1 is 0.944 bits per heavy atom. The Balaban J connectivity index is 2.34. The first-order valence-electron chi connectivity index (χ1n) is 5.75. The molecular formula is C15H12FNS. The summed E-state index contributed by atoms with van der Waals surface area (Å²) in [5.74, 6) is -0.182. The SMILES string of the molecule is NCc1sccc1-c1ccc(F)c2ccccc12. The molecule has 0 aliphatic carbocycles. The number of hydrogen-bond acceptors (Lipinski definition) is 2. The average Bonchev–Trinajstić information content (AvgIpc) is 2.88. The van der Waals surface area contributed by atoms with Gasteiger partial charge in [-0.2, -0.15) is 0 Å². The highest BCUT2D eigenvalue weighted by atomic mass is 32.1. The van der Waals surface area contributed by atoms with Gasteiger partial charge in [0.2, 0.25) is 0 Å². The van der Waals surface area contributed by atoms with Gasteiger partial charge in [0.15, 0.2) is 0 Å². The Kier molecular flexibility index (Phi) is 2.86. The fourth-order valence-corrected chi connectivity index (χ4v) is 3.01. The van der Waals surface area contributed by atoms with Crippen LogP contribution in [0.5, 0.6) is 0 Å². The molecule has 0 fully saturated rings. The smallest absolute Gasteiger partial charge is 0.131 e. The molecule has 2 N–H and O–H groups in total. The van der Waals surface area contributed by atoms with Crippen LogP contribution < -0.4 is 5.73 Å². The zero-order valence-corrected chi connectivity index (χ0v) is 10.5. The molecule has 1 aromatic heterocycles. The molecule has 3 heteroatoms. The molecule has 18 heavy (non-hydrogen) atoms. The third kappa shape index (κ3) is 1.72. The topological polar surface area (TPSA) is 26.0 Å². The summed E-state index contributed by atoms with van der Waals surface area (Å²) in [6, 6.07) is 12.9. The predicted octanol–water partition coefficient (Wildman–Crippen LogP) is 4.17. The average molecular weight is 257 g/mol. The molecular weight excluding hydrogens is 245 g/mol. The number of hydrogen-bond donors (Lipinski definition) is 1. The van der Waals surface area contributed by atoms with Crippen LogP contribution in [-0.2, 0) is 6.54 Å². The minimum atomic E-state index is -0.182. The van der Waals surface area contributed by atoms with E-state index in [9.17, 15) is 4.39 Å². The van der Waals surface area contributed by atoms with Gasteiger partial charge in [0.05, 0.1) is 0 Å². The van der Waals surface area contributed by atoms with Gasteiger partial charge in [0, 0.05) is 16.8 Å². The highest BCUT2D eigenvalue weighted by Gasteiger charge is 2.10. The molecule has 0 aliphatic rings. The lowest BCUT2D eigenvalue weighted by Crippen LogP contribution is -1.95. The van der Waals surface area contributed by atoms with Gasteiger partial charge in [0.25, 0.3) is 0 Å². The second-order valence-corrected chi connectivity index (χ2v) is 5.10. The minimum Gasteiger partial charge on any atom is -0.326 e. The van der Waals surface area contributed by atoms with Gasteiger partial charge >= 0.3 is 0 Å². The van der Waals surface area contributed by atoms with E-state index < -0.39 is 0 Å². The minimum absolute atomic E-state index is 0.182. The molecule has 0 atom stereocenters. The molecule has 3 aromatic rings. The summed E-state index contributed by atoms with van der Waals surface area (Å²) in [6.07, 6.45) is 0. The third-order valence-electron chi connectivity index (χ3n) is 3.09. The molecule has 0 aliphatic heterocycles. The number of nitrogens with two attached hydrogens (primary N) is 1. The summed E-state index contributed by atoms with van der Waals surface area (Å²) in [6.45, 7) is 0.513. The highest BCUT2D eigenvalue weighted by molar-refractivity contribution is 7.10. The van der Waals surface area contributed by atoms with Crippen molar-refractivity contribution in [1.82, 2.24) is 0 Å². The van der Waals surface area contributed by atoms with E-state index in [2.05, 4.69) is 0 Å². The predicted molar refractivity (Wildman–Crippen MR) is 75.1 cm³/mol. The van der Waals surface area contributed by atoms with E-state index in [4.69, 9.17) is 5.73 Å². The van der Waals surface area contributed by atoms with E-state index in [-0.39, 0.29) is 5.82 Å². The molecule has 90 valence electrons. The van der Waals surface area contributed by atoms with Crippen molar-refractivity contribution in [2.75, 3.05) is 0 Å². The zero-order valence-electron chi connectivity index (χ0n) is 9.69. The van der Waals surface area contributed by atoms with Crippen LogP contribution in [-0.4, -0.2) is 0 Å². The van der Waals surface area contributed by atoms with Crippen molar-refractivity contribution >= 4 is 22.1 Å². The molecule has 0 amide bonds. The number of thiophene rings is 1. The molecule has 3 rings (SSSR count). The van der Waals surface area contributed by atoms with Crippen LogP contribution in [0, 0.1) is 5.82 Å². The van der Waals surface area contributed by atoms with Gasteiger partial charge in [-0.15, -0.1) is 11.3 Å². The first-order chi connectivity index (χ1) is 8.81. The van der Waals surface area contributed by atoms with Gasteiger partial charge in [-0.25, -0.2) is 4.39 Å². The van der Waals surface area contributed by atoms with E-state index in [1.54, 1.807) is 11.3 Å². The third-order valence-corrected chi connectivity index (χ3v) is 4.04. The van der Waals surface area contributed by atoms with Gasteiger partial charge < -0.3 is 5.73 Å². The highest BCUT2D eigenvalue weighted by Crippen LogP contribution is 2.34. The Bertz CT molecular complexity index is 703. The van der Waals surface area contributed by atoms with Crippen LogP contribution in [0.2, 0.25) is 0 Å². The lowest BCUT2D eigenvalue weighted by Gasteiger charge is -2.08. The van der Waals surface area contributed by atoms with Crippen molar-refractivity contribution in [1.29, 1.82) is 0 Å². The van der Waals surface area contributed by atoms with Crippen LogP contribution in [0.3, 0.4) is 0 Å². The van der Waals surface area contributed by atoms with Crippen LogP contribution in [0.1, 0.15) is 4.88 Å². The molecule has 2 aromatic carbocycles. The first kappa shape index (κ1) is 11.4. The first-order valence-corrected chi connectivity index (χ1v) is 6.63. The lowest BCUT2D eigenvalue weighted by molar-refractivity contribution is 0.640. The Morgan fingerprint density at radius 3 is 2.50 bits per heavy atom. The molecule has 0 saturated carbocycles. The molecule has 0 radical (unpaired) electrons. The van der Waals surface area contributed by atoms with Crippen molar-refractivity contribution in [3.8, 4) is 11.1 Å². The summed E-state index contributed by atoms with van der Waals surface area (Å²) in [7, 11) is 0. The summed E-state index contributed by atoms with van der Waals surface area (Å²) in [5.41, 5.74) is 7.90. The number of benzene rings is 2. The quantitative estimate of drug-likeness (QED) is 0.732. The second-order valence-electron chi connectivity index (χ2n) is 4.10. The van der Waals surface area contributed by atoms with E-state index in [1.165, 1.54) is 6.07 Å². The van der Waals surface area contributed by atoms with E-state index in [0.717, 1.165) is 21.4 Å². The van der Waals surface area contributed by atoms with Gasteiger partial charge in [-0.05, 0) is 34.0 Å². The van der Waals surface area contributed by atoms with Crippen LogP contribution >= 0.6 is 11.3 Å². The maximum absolute atomic E-state index is 13.8. The van der Waals surface area contributed by atoms with Crippen LogP contribution in [0.4, 0.5) is 4.39 Å². The Labute approximate surface area is 109 Å². The van der Waals surface area contributed by atoms with Crippen molar-refractivity contribution in [2.24, 2.45) is 5.73 Å². The zero-order chi connectivity index (χ0) is 12.5. The fraction of sp³-hybridized carbons (Fsp3) is 0.0667. The fourth-order valence-electron chi connectivity index (χ4n) is 2.24. The number of fused-ring (bicyclic) bond motifs is 1. The van der Waals surface area contributed by atoms with Gasteiger partial charge in [0.1, 0.15) is 5.82 Å². The Hall–Kier alpha value is -1.71. The van der Waals surface area contributed by atoms with E-state index in [0.29, 0.717) is 11.9 Å². The summed E-state index contributed by atoms with van der Waals surface area (Å²) in [5, 5.41) is 3.62. The normalized spacial score (nSPS) is 11.0. The van der Waals surface area contributed by atoms with E-state index >= 15 is 0 Å². The van der Waals surface area contributed by atoms with Crippen LogP contribution in [0.15, 0.2) is 47.8 Å². The molecule has 0 saturated heterocycles. The Morgan fingerprint density at radius 2 is 1.72 bits per heavy atom. The molecule has 0 unspecified atom stereocenters. The standard InChI is InChI=1S/C15H12FNS/c16-14-6-5-11(10-3-1-2-4-12(10)14)13-7-8-18-15(13)9-17/h1-8H,9,17H2. The molecule has 1 heterocycles. The number of halogens is 1. The van der Waals surface area contributed by atoms with Crippen molar-refractivity contribution < 1.29 is 4.39 Å². The maximum Gasteiger partial charge on any atom is 0.131 e. The van der Waals surface area contributed by atoms with Crippen molar-refractivity contribution in [3.05, 3.63) is 58.5 Å². The summed E-state index contributed by atoms with van der Waals surface area (Å²) >= 11 is 1.64. The lowest BCUT2D eigenvalue weighted by atomic mass is 9.98. The molecule has 0 spiro atoms. The second kappa shape index (κ2) is 4.52. The largest absolute Gasteiger partial charge is 0.326 e. The maximum atomic E-state index is 13.8. The van der Waals surface area contributed by atoms with Crippen molar-refractivity contribution in [2.45, 2.75) is 6.54 Å². The monoisotopic (exact) mass is 257 g/mol. The number of rotatable bonds is 2. The van der Waals surface area contributed by atoms with Gasteiger partial charge in [-0.3, -0.25) is 0 Å².